The Balaban J connectivity index is 1.66. The molecule has 4 heteroatoms. The van der Waals surface area contributed by atoms with Crippen LogP contribution in [0.4, 0.5) is 0 Å². The highest BCUT2D eigenvalue weighted by Gasteiger charge is 2.41. The summed E-state index contributed by atoms with van der Waals surface area (Å²) >= 11 is 3.38. The fourth-order valence-electron chi connectivity index (χ4n) is 1.56. The molecular formula is C12H16BrNO2. The molecule has 1 fully saturated rings. The lowest BCUT2D eigenvalue weighted by atomic mass is 10.3. The molecule has 0 atom stereocenters. The maximum Gasteiger partial charge on any atom is 0.119 e. The third-order valence-corrected chi connectivity index (χ3v) is 3.37. The smallest absolute Gasteiger partial charge is 0.119 e. The van der Waals surface area contributed by atoms with E-state index in [-0.39, 0.29) is 12.1 Å². The van der Waals surface area contributed by atoms with Gasteiger partial charge < -0.3 is 15.2 Å². The van der Waals surface area contributed by atoms with Crippen molar-refractivity contribution in [2.45, 2.75) is 18.4 Å². The van der Waals surface area contributed by atoms with E-state index in [4.69, 9.17) is 9.84 Å². The second-order valence-electron chi connectivity index (χ2n) is 4.17. The van der Waals surface area contributed by atoms with Crippen LogP contribution in [0.2, 0.25) is 0 Å². The molecule has 0 aliphatic heterocycles. The van der Waals surface area contributed by atoms with Crippen molar-refractivity contribution in [1.29, 1.82) is 0 Å². The Bertz CT molecular complexity index is 335. The van der Waals surface area contributed by atoms with E-state index in [1.807, 2.05) is 24.3 Å². The molecule has 1 aliphatic carbocycles. The first kappa shape index (κ1) is 11.9. The number of aliphatic hydroxyl groups is 1. The first-order valence-corrected chi connectivity index (χ1v) is 6.28. The van der Waals surface area contributed by atoms with Gasteiger partial charge in [0.15, 0.2) is 0 Å². The van der Waals surface area contributed by atoms with Crippen LogP contribution in [0.15, 0.2) is 28.7 Å². The standard InChI is InChI=1S/C12H16BrNO2/c13-10-1-3-11(4-2-10)16-8-7-14-12(9-15)5-6-12/h1-4,14-15H,5-9H2. The quantitative estimate of drug-likeness (QED) is 0.785. The lowest BCUT2D eigenvalue weighted by molar-refractivity contribution is 0.219. The molecule has 0 amide bonds. The highest BCUT2D eigenvalue weighted by Crippen LogP contribution is 2.34. The van der Waals surface area contributed by atoms with E-state index < -0.39 is 0 Å². The second kappa shape index (κ2) is 5.17. The van der Waals surface area contributed by atoms with Crippen LogP contribution in [-0.4, -0.2) is 30.4 Å². The van der Waals surface area contributed by atoms with Crippen LogP contribution in [0, 0.1) is 0 Å². The molecule has 1 aromatic rings. The second-order valence-corrected chi connectivity index (χ2v) is 5.08. The van der Waals surface area contributed by atoms with Crippen LogP contribution in [0.1, 0.15) is 12.8 Å². The fourth-order valence-corrected chi connectivity index (χ4v) is 1.82. The Kier molecular flexibility index (Phi) is 3.84. The average molecular weight is 286 g/mol. The van der Waals surface area contributed by atoms with Crippen LogP contribution in [0.25, 0.3) is 0 Å². The minimum Gasteiger partial charge on any atom is -0.492 e. The predicted octanol–water partition coefficient (Wildman–Crippen LogP) is 1.94. The van der Waals surface area contributed by atoms with Gasteiger partial charge in [-0.25, -0.2) is 0 Å². The van der Waals surface area contributed by atoms with Crippen molar-refractivity contribution in [2.24, 2.45) is 0 Å². The molecule has 0 radical (unpaired) electrons. The molecular weight excluding hydrogens is 270 g/mol. The molecule has 0 saturated heterocycles. The molecule has 1 aromatic carbocycles. The SMILES string of the molecule is OCC1(NCCOc2ccc(Br)cc2)CC1. The molecule has 3 nitrogen and oxygen atoms in total. The summed E-state index contributed by atoms with van der Waals surface area (Å²) < 4.78 is 6.61. The molecule has 0 heterocycles. The Labute approximate surface area is 104 Å². The molecule has 1 aliphatic rings. The van der Waals surface area contributed by atoms with Crippen molar-refractivity contribution >= 4 is 15.9 Å². The van der Waals surface area contributed by atoms with Crippen molar-refractivity contribution in [3.63, 3.8) is 0 Å². The van der Waals surface area contributed by atoms with E-state index in [2.05, 4.69) is 21.2 Å². The Morgan fingerprint density at radius 1 is 1.31 bits per heavy atom. The summed E-state index contributed by atoms with van der Waals surface area (Å²) in [5.74, 6) is 0.874. The van der Waals surface area contributed by atoms with Gasteiger partial charge in [-0.1, -0.05) is 15.9 Å². The third kappa shape index (κ3) is 3.20. The van der Waals surface area contributed by atoms with E-state index in [9.17, 15) is 0 Å². The average Bonchev–Trinajstić information content (AvgIpc) is 3.08. The predicted molar refractivity (Wildman–Crippen MR) is 66.7 cm³/mol. The van der Waals surface area contributed by atoms with Crippen molar-refractivity contribution < 1.29 is 9.84 Å². The van der Waals surface area contributed by atoms with Gasteiger partial charge in [0.1, 0.15) is 12.4 Å². The molecule has 0 bridgehead atoms. The lowest BCUT2D eigenvalue weighted by Crippen LogP contribution is -2.37. The van der Waals surface area contributed by atoms with Crippen molar-refractivity contribution in [1.82, 2.24) is 5.32 Å². The molecule has 16 heavy (non-hydrogen) atoms. The molecule has 0 aromatic heterocycles. The van der Waals surface area contributed by atoms with Crippen LogP contribution in [0.5, 0.6) is 5.75 Å². The summed E-state index contributed by atoms with van der Waals surface area (Å²) in [4.78, 5) is 0. The van der Waals surface area contributed by atoms with Crippen LogP contribution < -0.4 is 10.1 Å². The van der Waals surface area contributed by atoms with Gasteiger partial charge in [-0.2, -0.15) is 0 Å². The van der Waals surface area contributed by atoms with E-state index in [0.717, 1.165) is 29.6 Å². The molecule has 0 spiro atoms. The summed E-state index contributed by atoms with van der Waals surface area (Å²) in [6.07, 6.45) is 2.14. The zero-order valence-corrected chi connectivity index (χ0v) is 10.7. The molecule has 2 N–H and O–H groups in total. The summed E-state index contributed by atoms with van der Waals surface area (Å²) in [7, 11) is 0. The van der Waals surface area contributed by atoms with Gasteiger partial charge in [0.05, 0.1) is 6.61 Å². The lowest BCUT2D eigenvalue weighted by Gasteiger charge is -2.14. The Morgan fingerprint density at radius 3 is 2.56 bits per heavy atom. The molecule has 88 valence electrons. The first-order valence-electron chi connectivity index (χ1n) is 5.48. The van der Waals surface area contributed by atoms with E-state index in [0.29, 0.717) is 6.61 Å². The molecule has 1 saturated carbocycles. The van der Waals surface area contributed by atoms with Gasteiger partial charge in [-0.3, -0.25) is 0 Å². The van der Waals surface area contributed by atoms with Crippen molar-refractivity contribution in [3.05, 3.63) is 28.7 Å². The highest BCUT2D eigenvalue weighted by atomic mass is 79.9. The van der Waals surface area contributed by atoms with E-state index >= 15 is 0 Å². The van der Waals surface area contributed by atoms with Crippen molar-refractivity contribution in [2.75, 3.05) is 19.8 Å². The van der Waals surface area contributed by atoms with E-state index in [1.54, 1.807) is 0 Å². The van der Waals surface area contributed by atoms with Gasteiger partial charge >= 0.3 is 0 Å². The molecule has 0 unspecified atom stereocenters. The number of hydrogen-bond acceptors (Lipinski definition) is 3. The Hall–Kier alpha value is -0.580. The summed E-state index contributed by atoms with van der Waals surface area (Å²) in [6.45, 7) is 1.63. The zero-order valence-electron chi connectivity index (χ0n) is 9.08. The van der Waals surface area contributed by atoms with Gasteiger partial charge in [0, 0.05) is 16.6 Å². The number of hydrogen-bond donors (Lipinski definition) is 2. The maximum absolute atomic E-state index is 9.09. The van der Waals surface area contributed by atoms with Gasteiger partial charge in [0.25, 0.3) is 0 Å². The number of nitrogens with one attached hydrogen (secondary N) is 1. The van der Waals surface area contributed by atoms with Crippen LogP contribution in [-0.2, 0) is 0 Å². The number of aliphatic hydroxyl groups excluding tert-OH is 1. The normalized spacial score (nSPS) is 17.1. The van der Waals surface area contributed by atoms with Crippen LogP contribution in [0.3, 0.4) is 0 Å². The minimum atomic E-state index is 0.00305. The third-order valence-electron chi connectivity index (χ3n) is 2.84. The number of halogens is 1. The monoisotopic (exact) mass is 285 g/mol. The van der Waals surface area contributed by atoms with E-state index in [1.165, 1.54) is 0 Å². The van der Waals surface area contributed by atoms with Crippen LogP contribution >= 0.6 is 15.9 Å². The molecule has 2 rings (SSSR count). The fraction of sp³-hybridized carbons (Fsp3) is 0.500. The Morgan fingerprint density at radius 2 is 2.00 bits per heavy atom. The maximum atomic E-state index is 9.09. The number of benzene rings is 1. The van der Waals surface area contributed by atoms with Crippen molar-refractivity contribution in [3.8, 4) is 5.75 Å². The van der Waals surface area contributed by atoms with Gasteiger partial charge in [-0.15, -0.1) is 0 Å². The zero-order chi connectivity index (χ0) is 11.4. The first-order chi connectivity index (χ1) is 7.74. The largest absolute Gasteiger partial charge is 0.492 e. The number of rotatable bonds is 6. The minimum absolute atomic E-state index is 0.00305. The number of ether oxygens (including phenoxy) is 1. The topological polar surface area (TPSA) is 41.5 Å². The summed E-state index contributed by atoms with van der Waals surface area (Å²) in [5, 5.41) is 12.4. The highest BCUT2D eigenvalue weighted by molar-refractivity contribution is 9.10. The summed E-state index contributed by atoms with van der Waals surface area (Å²) in [6, 6.07) is 7.78. The summed E-state index contributed by atoms with van der Waals surface area (Å²) in [5.41, 5.74) is 0.00305. The van der Waals surface area contributed by atoms with Gasteiger partial charge in [0.2, 0.25) is 0 Å². The van der Waals surface area contributed by atoms with Gasteiger partial charge in [-0.05, 0) is 37.1 Å².